The van der Waals surface area contributed by atoms with Crippen molar-refractivity contribution in [1.29, 1.82) is 0 Å². The lowest BCUT2D eigenvalue weighted by Crippen LogP contribution is -2.35. The van der Waals surface area contributed by atoms with Crippen LogP contribution >= 0.6 is 0 Å². The molecule has 4 rings (SSSR count). The Hall–Kier alpha value is -3.28. The van der Waals surface area contributed by atoms with Crippen molar-refractivity contribution in [2.24, 2.45) is 5.41 Å². The van der Waals surface area contributed by atoms with Crippen LogP contribution in [0.1, 0.15) is 42.6 Å². The van der Waals surface area contributed by atoms with Crippen LogP contribution < -0.4 is 5.32 Å². The summed E-state index contributed by atoms with van der Waals surface area (Å²) >= 11 is 0. The van der Waals surface area contributed by atoms with Gasteiger partial charge in [0.1, 0.15) is 11.5 Å². The molecular formula is C23H24N2O4. The summed E-state index contributed by atoms with van der Waals surface area (Å²) in [5.74, 6) is 1.82. The number of carbonyl (C=O) groups excluding carboxylic acids is 2. The molecule has 0 fully saturated rings. The summed E-state index contributed by atoms with van der Waals surface area (Å²) in [5, 5.41) is 2.95. The normalized spacial score (nSPS) is 13.8. The summed E-state index contributed by atoms with van der Waals surface area (Å²) in [6, 6.07) is 13.0. The van der Waals surface area contributed by atoms with Crippen LogP contribution in [0.3, 0.4) is 0 Å². The molecule has 3 heterocycles. The number of nitrogens with one attached hydrogen (secondary N) is 1. The zero-order valence-electron chi connectivity index (χ0n) is 16.8. The van der Waals surface area contributed by atoms with Crippen LogP contribution in [0, 0.1) is 5.41 Å². The highest BCUT2D eigenvalue weighted by Crippen LogP contribution is 2.31. The van der Waals surface area contributed by atoms with Crippen molar-refractivity contribution in [3.8, 4) is 11.3 Å². The van der Waals surface area contributed by atoms with E-state index in [4.69, 9.17) is 8.83 Å². The fourth-order valence-corrected chi connectivity index (χ4v) is 3.27. The maximum Gasteiger partial charge on any atom is 0.289 e. The third-order valence-corrected chi connectivity index (χ3v) is 4.97. The fourth-order valence-electron chi connectivity index (χ4n) is 3.27. The molecule has 6 nitrogen and oxygen atoms in total. The molecule has 0 radical (unpaired) electrons. The van der Waals surface area contributed by atoms with Gasteiger partial charge in [-0.1, -0.05) is 32.9 Å². The van der Waals surface area contributed by atoms with Crippen molar-refractivity contribution in [1.82, 2.24) is 4.90 Å². The topological polar surface area (TPSA) is 75.7 Å². The van der Waals surface area contributed by atoms with Gasteiger partial charge < -0.3 is 19.1 Å². The molecule has 1 aliphatic heterocycles. The first-order valence-electron chi connectivity index (χ1n) is 9.67. The first-order chi connectivity index (χ1) is 13.8. The standard InChI is InChI=1S/C23H24N2O4/c1-23(2,3)22(27)24-17-7-4-6-15(12-17)20-13-16-14-25(10-9-18(16)29-20)21(26)19-8-5-11-28-19/h4-8,11-13H,9-10,14H2,1-3H3,(H,24,27). The minimum Gasteiger partial charge on any atom is -0.461 e. The van der Waals surface area contributed by atoms with E-state index in [-0.39, 0.29) is 11.8 Å². The van der Waals surface area contributed by atoms with E-state index in [0.717, 1.165) is 28.3 Å². The Morgan fingerprint density at radius 2 is 1.93 bits per heavy atom. The summed E-state index contributed by atoms with van der Waals surface area (Å²) in [5.41, 5.74) is 2.14. The van der Waals surface area contributed by atoms with Gasteiger partial charge in [0.25, 0.3) is 5.91 Å². The molecule has 150 valence electrons. The SMILES string of the molecule is CC(C)(C)C(=O)Nc1cccc(-c2cc3c(o2)CCN(C(=O)c2ccco2)C3)c1. The van der Waals surface area contributed by atoms with Crippen LogP contribution in [-0.2, 0) is 17.8 Å². The number of fused-ring (bicyclic) bond motifs is 1. The van der Waals surface area contributed by atoms with E-state index in [1.165, 1.54) is 6.26 Å². The van der Waals surface area contributed by atoms with E-state index in [2.05, 4.69) is 5.32 Å². The van der Waals surface area contributed by atoms with Gasteiger partial charge in [-0.25, -0.2) is 0 Å². The van der Waals surface area contributed by atoms with Gasteiger partial charge in [0.05, 0.1) is 6.26 Å². The Labute approximate surface area is 169 Å². The van der Waals surface area contributed by atoms with Gasteiger partial charge in [-0.3, -0.25) is 9.59 Å². The van der Waals surface area contributed by atoms with Gasteiger partial charge in [-0.05, 0) is 30.3 Å². The summed E-state index contributed by atoms with van der Waals surface area (Å²) < 4.78 is 11.3. The molecule has 1 N–H and O–H groups in total. The van der Waals surface area contributed by atoms with Crippen LogP contribution in [-0.4, -0.2) is 23.3 Å². The van der Waals surface area contributed by atoms with Gasteiger partial charge >= 0.3 is 0 Å². The number of benzene rings is 1. The molecule has 0 aliphatic carbocycles. The molecule has 0 bridgehead atoms. The average Bonchev–Trinajstić information content (AvgIpc) is 3.36. The molecule has 2 amide bonds. The van der Waals surface area contributed by atoms with Crippen LogP contribution in [0.25, 0.3) is 11.3 Å². The monoisotopic (exact) mass is 392 g/mol. The largest absolute Gasteiger partial charge is 0.461 e. The third kappa shape index (κ3) is 3.97. The highest BCUT2D eigenvalue weighted by atomic mass is 16.3. The number of furan rings is 2. The number of hydrogen-bond acceptors (Lipinski definition) is 4. The second-order valence-electron chi connectivity index (χ2n) is 8.30. The Morgan fingerprint density at radius 3 is 2.66 bits per heavy atom. The Kier molecular flexibility index (Phi) is 4.78. The Balaban J connectivity index is 1.53. The zero-order chi connectivity index (χ0) is 20.6. The van der Waals surface area contributed by atoms with Crippen molar-refractivity contribution >= 4 is 17.5 Å². The minimum absolute atomic E-state index is 0.0412. The smallest absolute Gasteiger partial charge is 0.289 e. The lowest BCUT2D eigenvalue weighted by atomic mass is 9.95. The van der Waals surface area contributed by atoms with Crippen molar-refractivity contribution in [3.63, 3.8) is 0 Å². The molecule has 6 heteroatoms. The van der Waals surface area contributed by atoms with Crippen molar-refractivity contribution in [3.05, 3.63) is 65.8 Å². The van der Waals surface area contributed by atoms with Crippen LogP contribution in [0.15, 0.2) is 57.6 Å². The van der Waals surface area contributed by atoms with Gasteiger partial charge in [0.15, 0.2) is 5.76 Å². The molecule has 0 saturated heterocycles. The zero-order valence-corrected chi connectivity index (χ0v) is 16.8. The third-order valence-electron chi connectivity index (χ3n) is 4.97. The number of hydrogen-bond donors (Lipinski definition) is 1. The predicted molar refractivity (Wildman–Crippen MR) is 109 cm³/mol. The maximum absolute atomic E-state index is 12.5. The van der Waals surface area contributed by atoms with Crippen molar-refractivity contribution in [2.75, 3.05) is 11.9 Å². The highest BCUT2D eigenvalue weighted by molar-refractivity contribution is 5.95. The number of carbonyl (C=O) groups is 2. The van der Waals surface area contributed by atoms with E-state index in [1.807, 2.05) is 51.1 Å². The molecule has 0 saturated carbocycles. The second-order valence-corrected chi connectivity index (χ2v) is 8.30. The van der Waals surface area contributed by atoms with E-state index < -0.39 is 5.41 Å². The van der Waals surface area contributed by atoms with Crippen molar-refractivity contribution in [2.45, 2.75) is 33.7 Å². The molecule has 2 aromatic heterocycles. The number of amides is 2. The highest BCUT2D eigenvalue weighted by Gasteiger charge is 2.26. The van der Waals surface area contributed by atoms with Crippen molar-refractivity contribution < 1.29 is 18.4 Å². The summed E-state index contributed by atoms with van der Waals surface area (Å²) in [6.07, 6.45) is 2.16. The van der Waals surface area contributed by atoms with E-state index >= 15 is 0 Å². The maximum atomic E-state index is 12.5. The molecule has 0 spiro atoms. The average molecular weight is 392 g/mol. The second kappa shape index (κ2) is 7.28. The van der Waals surface area contributed by atoms with Gasteiger partial charge in [-0.2, -0.15) is 0 Å². The molecular weight excluding hydrogens is 368 g/mol. The van der Waals surface area contributed by atoms with Crippen LogP contribution in [0.5, 0.6) is 0 Å². The predicted octanol–water partition coefficient (Wildman–Crippen LogP) is 4.72. The first-order valence-corrected chi connectivity index (χ1v) is 9.67. The Bertz CT molecular complexity index is 1040. The quantitative estimate of drug-likeness (QED) is 0.700. The first kappa shape index (κ1) is 19.1. The molecule has 0 atom stereocenters. The van der Waals surface area contributed by atoms with Gasteiger partial charge in [0, 0.05) is 41.7 Å². The number of rotatable bonds is 3. The molecule has 29 heavy (non-hydrogen) atoms. The molecule has 3 aromatic rings. The fraction of sp³-hybridized carbons (Fsp3) is 0.304. The van der Waals surface area contributed by atoms with Gasteiger partial charge in [0.2, 0.25) is 5.91 Å². The lowest BCUT2D eigenvalue weighted by molar-refractivity contribution is -0.123. The number of nitrogens with zero attached hydrogens (tertiary/aromatic N) is 1. The van der Waals surface area contributed by atoms with E-state index in [9.17, 15) is 9.59 Å². The lowest BCUT2D eigenvalue weighted by Gasteiger charge is -2.25. The summed E-state index contributed by atoms with van der Waals surface area (Å²) in [4.78, 5) is 26.6. The molecule has 1 aromatic carbocycles. The van der Waals surface area contributed by atoms with E-state index in [1.54, 1.807) is 17.0 Å². The van der Waals surface area contributed by atoms with E-state index in [0.29, 0.717) is 25.3 Å². The number of anilines is 1. The summed E-state index contributed by atoms with van der Waals surface area (Å²) in [7, 11) is 0. The summed E-state index contributed by atoms with van der Waals surface area (Å²) in [6.45, 7) is 6.70. The minimum atomic E-state index is -0.468. The molecule has 0 unspecified atom stereocenters. The Morgan fingerprint density at radius 1 is 1.10 bits per heavy atom. The molecule has 1 aliphatic rings. The van der Waals surface area contributed by atoms with Crippen LogP contribution in [0.4, 0.5) is 5.69 Å². The van der Waals surface area contributed by atoms with Crippen LogP contribution in [0.2, 0.25) is 0 Å². The van der Waals surface area contributed by atoms with Gasteiger partial charge in [-0.15, -0.1) is 0 Å².